The molecule has 0 aliphatic carbocycles. The van der Waals surface area contributed by atoms with Crippen molar-refractivity contribution >= 4 is 27.5 Å². The van der Waals surface area contributed by atoms with E-state index in [1.54, 1.807) is 13.0 Å². The monoisotopic (exact) mass is 341 g/mol. The first-order valence-electron chi connectivity index (χ1n) is 5.91. The molecule has 0 saturated carbocycles. The van der Waals surface area contributed by atoms with Gasteiger partial charge in [0.25, 0.3) is 0 Å². The van der Waals surface area contributed by atoms with Crippen LogP contribution >= 0.6 is 27.5 Å². The minimum absolute atomic E-state index is 0.0655. The Morgan fingerprint density at radius 2 is 1.95 bits per heavy atom. The summed E-state index contributed by atoms with van der Waals surface area (Å²) in [6, 6.07) is 10.8. The number of rotatable bonds is 3. The average molecular weight is 343 g/mol. The third-order valence-corrected chi connectivity index (χ3v) is 3.91. The van der Waals surface area contributed by atoms with Gasteiger partial charge in [-0.05, 0) is 54.9 Å². The summed E-state index contributed by atoms with van der Waals surface area (Å²) in [5.41, 5.74) is 2.58. The van der Waals surface area contributed by atoms with Gasteiger partial charge < -0.3 is 5.32 Å². The first-order valence-corrected chi connectivity index (χ1v) is 7.08. The van der Waals surface area contributed by atoms with Crippen molar-refractivity contribution in [1.82, 2.24) is 5.32 Å². The van der Waals surface area contributed by atoms with Gasteiger partial charge >= 0.3 is 0 Å². The molecule has 1 nitrogen and oxygen atoms in total. The van der Waals surface area contributed by atoms with Crippen LogP contribution in [0.25, 0.3) is 0 Å². The summed E-state index contributed by atoms with van der Waals surface area (Å²) >= 11 is 9.70. The van der Waals surface area contributed by atoms with E-state index in [0.29, 0.717) is 10.6 Å². The minimum Gasteiger partial charge on any atom is -0.309 e. The molecule has 0 aliphatic rings. The van der Waals surface area contributed by atoms with E-state index in [4.69, 9.17) is 11.6 Å². The van der Waals surface area contributed by atoms with Crippen LogP contribution in [0.2, 0.25) is 5.02 Å². The fourth-order valence-electron chi connectivity index (χ4n) is 2.09. The first-order chi connectivity index (χ1) is 9.02. The summed E-state index contributed by atoms with van der Waals surface area (Å²) in [6.45, 7) is 1.76. The van der Waals surface area contributed by atoms with Gasteiger partial charge in [0.2, 0.25) is 0 Å². The summed E-state index contributed by atoms with van der Waals surface area (Å²) in [6.07, 6.45) is 0. The van der Waals surface area contributed by atoms with Crippen molar-refractivity contribution in [3.63, 3.8) is 0 Å². The van der Waals surface area contributed by atoms with Crippen molar-refractivity contribution in [2.45, 2.75) is 13.0 Å². The van der Waals surface area contributed by atoms with Crippen LogP contribution in [0.1, 0.15) is 22.7 Å². The van der Waals surface area contributed by atoms with Crippen molar-refractivity contribution < 1.29 is 4.39 Å². The Bertz CT molecular complexity index is 601. The average Bonchev–Trinajstić information content (AvgIpc) is 2.38. The molecular formula is C15H14BrClFN. The van der Waals surface area contributed by atoms with Crippen molar-refractivity contribution in [2.24, 2.45) is 0 Å². The second-order valence-corrected chi connectivity index (χ2v) is 5.72. The Kier molecular flexibility index (Phi) is 4.61. The van der Waals surface area contributed by atoms with E-state index in [9.17, 15) is 4.39 Å². The van der Waals surface area contributed by atoms with Crippen LogP contribution < -0.4 is 5.32 Å². The highest BCUT2D eigenvalue weighted by Gasteiger charge is 2.16. The molecule has 0 radical (unpaired) electrons. The highest BCUT2D eigenvalue weighted by atomic mass is 79.9. The van der Waals surface area contributed by atoms with Gasteiger partial charge in [0, 0.05) is 9.50 Å². The molecule has 1 unspecified atom stereocenters. The molecule has 0 aromatic heterocycles. The lowest BCUT2D eigenvalue weighted by atomic mass is 9.97. The maximum atomic E-state index is 13.4. The standard InChI is InChI=1S/C15H14BrClFN/c1-9-7-10(3-6-14(9)18)15(19-2)12-8-11(16)4-5-13(12)17/h3-8,15,19H,1-2H3. The Morgan fingerprint density at radius 3 is 2.58 bits per heavy atom. The van der Waals surface area contributed by atoms with Crippen molar-refractivity contribution in [2.75, 3.05) is 7.05 Å². The summed E-state index contributed by atoms with van der Waals surface area (Å²) in [7, 11) is 1.86. The molecule has 0 bridgehead atoms. The third kappa shape index (κ3) is 3.16. The van der Waals surface area contributed by atoms with Crippen LogP contribution in [-0.4, -0.2) is 7.05 Å². The van der Waals surface area contributed by atoms with E-state index >= 15 is 0 Å². The number of hydrogen-bond donors (Lipinski definition) is 1. The van der Waals surface area contributed by atoms with Gasteiger partial charge in [0.05, 0.1) is 6.04 Å². The zero-order valence-corrected chi connectivity index (χ0v) is 13.0. The first kappa shape index (κ1) is 14.5. The quantitative estimate of drug-likeness (QED) is 0.840. The van der Waals surface area contributed by atoms with Crippen LogP contribution in [0.3, 0.4) is 0 Å². The number of nitrogens with one attached hydrogen (secondary N) is 1. The Balaban J connectivity index is 2.49. The second kappa shape index (κ2) is 6.04. The molecule has 1 atom stereocenters. The highest BCUT2D eigenvalue weighted by molar-refractivity contribution is 9.10. The molecule has 0 fully saturated rings. The molecule has 4 heteroatoms. The van der Waals surface area contributed by atoms with E-state index in [0.717, 1.165) is 15.6 Å². The summed E-state index contributed by atoms with van der Waals surface area (Å²) in [5, 5.41) is 3.91. The maximum absolute atomic E-state index is 13.4. The molecule has 2 aromatic carbocycles. The topological polar surface area (TPSA) is 12.0 Å². The lowest BCUT2D eigenvalue weighted by Crippen LogP contribution is -2.18. The Labute approximate surface area is 125 Å². The number of hydrogen-bond acceptors (Lipinski definition) is 1. The number of aryl methyl sites for hydroxylation is 1. The van der Waals surface area contributed by atoms with Gasteiger partial charge in [-0.2, -0.15) is 0 Å². The minimum atomic E-state index is -0.195. The third-order valence-electron chi connectivity index (χ3n) is 3.07. The highest BCUT2D eigenvalue weighted by Crippen LogP contribution is 2.31. The molecule has 0 amide bonds. The molecule has 0 heterocycles. The summed E-state index contributed by atoms with van der Waals surface area (Å²) in [5.74, 6) is -0.195. The van der Waals surface area contributed by atoms with Gasteiger partial charge in [0.1, 0.15) is 5.82 Å². The van der Waals surface area contributed by atoms with Gasteiger partial charge in [-0.3, -0.25) is 0 Å². The predicted octanol–water partition coefficient (Wildman–Crippen LogP) is 4.86. The van der Waals surface area contributed by atoms with E-state index in [1.807, 2.05) is 31.3 Å². The smallest absolute Gasteiger partial charge is 0.126 e. The van der Waals surface area contributed by atoms with Gasteiger partial charge in [0.15, 0.2) is 0 Å². The number of halogens is 3. The largest absolute Gasteiger partial charge is 0.309 e. The molecule has 19 heavy (non-hydrogen) atoms. The molecule has 2 aromatic rings. The van der Waals surface area contributed by atoms with E-state index in [-0.39, 0.29) is 11.9 Å². The molecule has 2 rings (SSSR count). The summed E-state index contributed by atoms with van der Waals surface area (Å²) in [4.78, 5) is 0. The van der Waals surface area contributed by atoms with E-state index < -0.39 is 0 Å². The SMILES string of the molecule is CNC(c1ccc(F)c(C)c1)c1cc(Br)ccc1Cl. The van der Waals surface area contributed by atoms with Crippen LogP contribution in [-0.2, 0) is 0 Å². The lowest BCUT2D eigenvalue weighted by Gasteiger charge is -2.19. The Hall–Kier alpha value is -0.900. The zero-order chi connectivity index (χ0) is 14.0. The van der Waals surface area contributed by atoms with Crippen LogP contribution in [0.5, 0.6) is 0 Å². The van der Waals surface area contributed by atoms with Gasteiger partial charge in [-0.15, -0.1) is 0 Å². The van der Waals surface area contributed by atoms with E-state index in [1.165, 1.54) is 6.07 Å². The van der Waals surface area contributed by atoms with Crippen LogP contribution in [0.15, 0.2) is 40.9 Å². The second-order valence-electron chi connectivity index (χ2n) is 4.40. The maximum Gasteiger partial charge on any atom is 0.126 e. The van der Waals surface area contributed by atoms with Crippen molar-refractivity contribution in [3.8, 4) is 0 Å². The van der Waals surface area contributed by atoms with Crippen molar-refractivity contribution in [1.29, 1.82) is 0 Å². The van der Waals surface area contributed by atoms with Crippen LogP contribution in [0, 0.1) is 12.7 Å². The lowest BCUT2D eigenvalue weighted by molar-refractivity contribution is 0.614. The normalized spacial score (nSPS) is 12.5. The summed E-state index contributed by atoms with van der Waals surface area (Å²) < 4.78 is 14.3. The van der Waals surface area contributed by atoms with Gasteiger partial charge in [-0.25, -0.2) is 4.39 Å². The molecule has 0 aliphatic heterocycles. The van der Waals surface area contributed by atoms with Crippen molar-refractivity contribution in [3.05, 3.63) is 68.4 Å². The van der Waals surface area contributed by atoms with E-state index in [2.05, 4.69) is 21.2 Å². The fourth-order valence-corrected chi connectivity index (χ4v) is 2.69. The fraction of sp³-hybridized carbons (Fsp3) is 0.200. The Morgan fingerprint density at radius 1 is 1.21 bits per heavy atom. The predicted molar refractivity (Wildman–Crippen MR) is 81.2 cm³/mol. The molecule has 0 spiro atoms. The molecule has 100 valence electrons. The number of benzene rings is 2. The van der Waals surface area contributed by atoms with Crippen LogP contribution in [0.4, 0.5) is 4.39 Å². The zero-order valence-electron chi connectivity index (χ0n) is 10.7. The van der Waals surface area contributed by atoms with Gasteiger partial charge in [-0.1, -0.05) is 39.7 Å². The molecular weight excluding hydrogens is 329 g/mol. The molecule has 0 saturated heterocycles. The molecule has 1 N–H and O–H groups in total.